The van der Waals surface area contributed by atoms with E-state index in [0.717, 1.165) is 88.8 Å². The maximum absolute atomic E-state index is 9.41. The number of benzene rings is 10. The molecule has 368 valence electrons. The standard InChI is InChI=1S/C71H54BN3O2/c1-70(2,3)47-33-35-50(36-34-47)74-61-41-51(73(48-25-14-8-15-26-48)49-27-16-9-17-28-49)37-39-58(61)72-59-40-38-54-56(46-23-12-7-13-24-46)44-76-68(54)69(59)77-63-43-52(42-62(74)66(63)72)75-60-32-19-18-29-55(60)65-67(75)64-53(45-21-10-6-11-22-45)30-20-31-57(64)71(65,4)5/h6-44H,1-5H3/i8D,9D,14D,15D,16D,17D,25D,26D,27D,28D. The minimum Gasteiger partial charge on any atom is -0.460 e. The number of para-hydroxylation sites is 3. The fourth-order valence-corrected chi connectivity index (χ4v) is 12.5. The van der Waals surface area contributed by atoms with Crippen LogP contribution in [0.3, 0.4) is 0 Å². The maximum atomic E-state index is 9.41. The molecule has 5 nitrogen and oxygen atoms in total. The smallest absolute Gasteiger partial charge is 0.256 e. The van der Waals surface area contributed by atoms with E-state index < -0.39 is 83.9 Å². The van der Waals surface area contributed by atoms with Crippen LogP contribution < -0.4 is 30.9 Å². The Morgan fingerprint density at radius 1 is 0.571 bits per heavy atom. The Labute approximate surface area is 464 Å². The van der Waals surface area contributed by atoms with E-state index in [0.29, 0.717) is 22.8 Å². The molecule has 0 bridgehead atoms. The van der Waals surface area contributed by atoms with Gasteiger partial charge in [-0.05, 0) is 116 Å². The molecule has 0 radical (unpaired) electrons. The van der Waals surface area contributed by atoms with Crippen molar-refractivity contribution in [3.8, 4) is 50.7 Å². The number of rotatable bonds is 7. The Kier molecular flexibility index (Phi) is 7.86. The lowest BCUT2D eigenvalue weighted by Gasteiger charge is -2.41. The first-order valence-electron chi connectivity index (χ1n) is 31.0. The largest absolute Gasteiger partial charge is 0.460 e. The first-order chi connectivity index (χ1) is 41.8. The van der Waals surface area contributed by atoms with Crippen LogP contribution in [0.5, 0.6) is 11.5 Å². The predicted molar refractivity (Wildman–Crippen MR) is 321 cm³/mol. The second-order valence-corrected chi connectivity index (χ2v) is 21.7. The van der Waals surface area contributed by atoms with E-state index in [1.54, 1.807) is 12.3 Å². The zero-order valence-electron chi connectivity index (χ0n) is 53.0. The summed E-state index contributed by atoms with van der Waals surface area (Å²) in [5, 5.41) is 1.97. The van der Waals surface area contributed by atoms with E-state index >= 15 is 0 Å². The Morgan fingerprint density at radius 2 is 1.23 bits per heavy atom. The zero-order chi connectivity index (χ0) is 60.4. The van der Waals surface area contributed by atoms with Gasteiger partial charge in [-0.15, -0.1) is 0 Å². The van der Waals surface area contributed by atoms with Crippen molar-refractivity contribution >= 4 is 79.1 Å². The van der Waals surface area contributed by atoms with E-state index in [1.165, 1.54) is 16.0 Å². The van der Waals surface area contributed by atoms with Crippen molar-refractivity contribution in [1.82, 2.24) is 4.57 Å². The van der Waals surface area contributed by atoms with Gasteiger partial charge in [0.2, 0.25) is 0 Å². The average molecular weight is 1000 g/mol. The average Bonchev–Trinajstić information content (AvgIpc) is 1.64. The molecule has 2 aliphatic heterocycles. The third kappa shape index (κ3) is 6.81. The molecule has 6 heteroatoms. The minimum atomic E-state index is -0.653. The van der Waals surface area contributed by atoms with Gasteiger partial charge in [0, 0.05) is 67.5 Å². The molecule has 0 saturated carbocycles. The van der Waals surface area contributed by atoms with E-state index in [4.69, 9.17) is 17.4 Å². The summed E-state index contributed by atoms with van der Waals surface area (Å²) in [5.41, 5.74) is 15.5. The summed E-state index contributed by atoms with van der Waals surface area (Å²) in [7, 11) is 0. The molecular formula is C71H54BN3O2. The Bertz CT molecular complexity index is 4810. The van der Waals surface area contributed by atoms with Gasteiger partial charge in [-0.2, -0.15) is 0 Å². The number of nitrogens with zero attached hydrogens (tertiary/aromatic N) is 3. The molecule has 3 aliphatic rings. The Hall–Kier alpha value is -9.26. The molecule has 0 unspecified atom stereocenters. The molecule has 0 saturated heterocycles. The van der Waals surface area contributed by atoms with E-state index in [1.807, 2.05) is 36.4 Å². The minimum absolute atomic E-state index is 0.171. The lowest BCUT2D eigenvalue weighted by atomic mass is 9.34. The third-order valence-corrected chi connectivity index (χ3v) is 16.0. The quantitative estimate of drug-likeness (QED) is 0.149. The summed E-state index contributed by atoms with van der Waals surface area (Å²) in [5.74, 6) is 1.13. The summed E-state index contributed by atoms with van der Waals surface area (Å²) < 4.78 is 107. The molecule has 4 heterocycles. The maximum Gasteiger partial charge on any atom is 0.256 e. The van der Waals surface area contributed by atoms with Gasteiger partial charge in [0.1, 0.15) is 5.75 Å². The highest BCUT2D eigenvalue weighted by Crippen LogP contribution is 2.57. The molecule has 0 N–H and O–H groups in total. The zero-order valence-corrected chi connectivity index (χ0v) is 43.0. The molecule has 0 amide bonds. The van der Waals surface area contributed by atoms with Crippen molar-refractivity contribution in [1.29, 1.82) is 0 Å². The van der Waals surface area contributed by atoms with Crippen LogP contribution in [0.2, 0.25) is 0 Å². The number of furan rings is 1. The second-order valence-electron chi connectivity index (χ2n) is 21.7. The van der Waals surface area contributed by atoms with Crippen molar-refractivity contribution in [2.24, 2.45) is 0 Å². The van der Waals surface area contributed by atoms with Crippen LogP contribution in [0.4, 0.5) is 34.1 Å². The van der Waals surface area contributed by atoms with Crippen LogP contribution in [-0.4, -0.2) is 11.3 Å². The summed E-state index contributed by atoms with van der Waals surface area (Å²) in [6.07, 6.45) is 1.77. The van der Waals surface area contributed by atoms with Crippen molar-refractivity contribution in [3.05, 3.63) is 253 Å². The van der Waals surface area contributed by atoms with Crippen LogP contribution in [0.25, 0.3) is 61.1 Å². The fraction of sp³-hybridized carbons (Fsp3) is 0.0986. The van der Waals surface area contributed by atoms with E-state index in [2.05, 4.69) is 171 Å². The van der Waals surface area contributed by atoms with Crippen LogP contribution in [-0.2, 0) is 10.8 Å². The first-order valence-corrected chi connectivity index (χ1v) is 26.0. The molecule has 1 aliphatic carbocycles. The normalized spacial score (nSPS) is 15.5. The highest BCUT2D eigenvalue weighted by Gasteiger charge is 2.46. The predicted octanol–water partition coefficient (Wildman–Crippen LogP) is 17.2. The number of anilines is 6. The lowest BCUT2D eigenvalue weighted by Crippen LogP contribution is -2.59. The van der Waals surface area contributed by atoms with Crippen molar-refractivity contribution in [3.63, 3.8) is 0 Å². The molecule has 0 atom stereocenters. The lowest BCUT2D eigenvalue weighted by molar-refractivity contribution is 0.477. The number of fused-ring (bicyclic) bond motifs is 11. The summed E-state index contributed by atoms with van der Waals surface area (Å²) in [4.78, 5) is 3.39. The highest BCUT2D eigenvalue weighted by atomic mass is 16.5. The molecule has 0 spiro atoms. The number of ether oxygens (including phenoxy) is 1. The SMILES string of the molecule is [2H]c1c([2H])c([2H])c(N(c2ccc3c(c2)N(c2ccc(C(C)(C)C)cc2)c2cc(-n4c5c(c6ccccc64)C(C)(C)c4cccc(-c6ccccc6)c4-5)cc4c2B3c2ccc3c(-c5ccccc5)coc3c2O4)c2c([2H])c([2H])c([2H])c([2H])c2[2H])c([2H])c1[2H]. The molecule has 0 fully saturated rings. The molecule has 12 aromatic rings. The van der Waals surface area contributed by atoms with E-state index in [-0.39, 0.29) is 11.1 Å². The molecule has 10 aromatic carbocycles. The van der Waals surface area contributed by atoms with Gasteiger partial charge in [0.05, 0.1) is 36.9 Å². The number of aromatic nitrogens is 1. The van der Waals surface area contributed by atoms with Gasteiger partial charge in [-0.3, -0.25) is 0 Å². The van der Waals surface area contributed by atoms with Gasteiger partial charge < -0.3 is 23.5 Å². The molecular weight excluding hydrogens is 938 g/mol. The third-order valence-electron chi connectivity index (χ3n) is 16.0. The summed E-state index contributed by atoms with van der Waals surface area (Å²) in [6.45, 7) is 10.6. The van der Waals surface area contributed by atoms with Crippen LogP contribution in [0.15, 0.2) is 241 Å². The van der Waals surface area contributed by atoms with Gasteiger partial charge >= 0.3 is 0 Å². The van der Waals surface area contributed by atoms with Crippen LogP contribution in [0.1, 0.15) is 65.0 Å². The van der Waals surface area contributed by atoms with Gasteiger partial charge in [0.15, 0.2) is 11.3 Å². The van der Waals surface area contributed by atoms with Crippen molar-refractivity contribution < 1.29 is 22.9 Å². The second kappa shape index (κ2) is 16.9. The summed E-state index contributed by atoms with van der Waals surface area (Å²) in [6, 6.07) is 51.8. The highest BCUT2D eigenvalue weighted by molar-refractivity contribution is 6.99. The monoisotopic (exact) mass is 1000 g/mol. The summed E-state index contributed by atoms with van der Waals surface area (Å²) >= 11 is 0. The van der Waals surface area contributed by atoms with Gasteiger partial charge in [-0.1, -0.05) is 198 Å². The Balaban J connectivity index is 1.07. The molecule has 2 aromatic heterocycles. The number of hydrogen-bond acceptors (Lipinski definition) is 4. The Morgan fingerprint density at radius 3 is 1.94 bits per heavy atom. The molecule has 77 heavy (non-hydrogen) atoms. The van der Waals surface area contributed by atoms with Crippen LogP contribution >= 0.6 is 0 Å². The first kappa shape index (κ1) is 35.9. The van der Waals surface area contributed by atoms with Crippen molar-refractivity contribution in [2.45, 2.75) is 45.4 Å². The molecule has 15 rings (SSSR count). The topological polar surface area (TPSA) is 33.8 Å². The van der Waals surface area contributed by atoms with Gasteiger partial charge in [0.25, 0.3) is 6.71 Å². The van der Waals surface area contributed by atoms with E-state index in [9.17, 15) is 5.48 Å². The fourth-order valence-electron chi connectivity index (χ4n) is 12.5. The van der Waals surface area contributed by atoms with Crippen molar-refractivity contribution in [2.75, 3.05) is 9.80 Å². The number of hydrogen-bond donors (Lipinski definition) is 0. The van der Waals surface area contributed by atoms with Gasteiger partial charge in [-0.25, -0.2) is 0 Å². The van der Waals surface area contributed by atoms with Crippen LogP contribution in [0, 0.1) is 0 Å².